The molecule has 0 spiro atoms. The van der Waals surface area contributed by atoms with E-state index in [9.17, 15) is 14.0 Å². The minimum absolute atomic E-state index is 0.0811. The molecule has 2 aliphatic heterocycles. The highest BCUT2D eigenvalue weighted by molar-refractivity contribution is 6.01. The molecule has 2 aromatic rings. The molecule has 1 N–H and O–H groups in total. The van der Waals surface area contributed by atoms with Crippen LogP contribution in [0.2, 0.25) is 0 Å². The molecule has 1 amide bonds. The molecule has 0 radical (unpaired) electrons. The summed E-state index contributed by atoms with van der Waals surface area (Å²) in [6.07, 6.45) is 8.70. The molecule has 2 aliphatic carbocycles. The van der Waals surface area contributed by atoms with Gasteiger partial charge in [-0.15, -0.1) is 0 Å². The summed E-state index contributed by atoms with van der Waals surface area (Å²) in [6, 6.07) is 14.6. The molecule has 2 aromatic carbocycles. The fourth-order valence-electron chi connectivity index (χ4n) is 6.98. The van der Waals surface area contributed by atoms with E-state index in [0.717, 1.165) is 54.0 Å². The lowest BCUT2D eigenvalue weighted by Crippen LogP contribution is -2.54. The van der Waals surface area contributed by atoms with Crippen molar-refractivity contribution in [3.63, 3.8) is 0 Å². The van der Waals surface area contributed by atoms with Crippen LogP contribution in [0.1, 0.15) is 46.0 Å². The number of rotatable bonds is 4. The van der Waals surface area contributed by atoms with Gasteiger partial charge in [-0.3, -0.25) is 9.59 Å². The second-order valence-corrected chi connectivity index (χ2v) is 12.4. The second kappa shape index (κ2) is 10.8. The molecular weight excluding hydrogens is 503 g/mol. The number of carbonyl (C=O) groups is 2. The molecule has 6 rings (SSSR count). The maximum atomic E-state index is 13.9. The smallest absolute Gasteiger partial charge is 0.242 e. The molecule has 6 nitrogen and oxygen atoms in total. The molecular formula is C33H39FN4O2. The van der Waals surface area contributed by atoms with Gasteiger partial charge in [0.25, 0.3) is 0 Å². The first-order valence-electron chi connectivity index (χ1n) is 14.6. The molecule has 2 unspecified atom stereocenters. The Morgan fingerprint density at radius 1 is 1.00 bits per heavy atom. The Balaban J connectivity index is 1.30. The lowest BCUT2D eigenvalue weighted by atomic mass is 9.71. The van der Waals surface area contributed by atoms with E-state index in [4.69, 9.17) is 0 Å². The number of fused-ring (bicyclic) bond motifs is 1. The molecule has 0 aromatic heterocycles. The summed E-state index contributed by atoms with van der Waals surface area (Å²) in [5, 5.41) is 3.67. The number of allylic oxidation sites excluding steroid dienone is 3. The lowest BCUT2D eigenvalue weighted by molar-refractivity contribution is -0.130. The van der Waals surface area contributed by atoms with E-state index in [1.807, 2.05) is 17.0 Å². The summed E-state index contributed by atoms with van der Waals surface area (Å²) >= 11 is 0. The van der Waals surface area contributed by atoms with Gasteiger partial charge in [0.15, 0.2) is 5.78 Å². The van der Waals surface area contributed by atoms with Gasteiger partial charge in [0.2, 0.25) is 5.91 Å². The van der Waals surface area contributed by atoms with Crippen LogP contribution in [-0.2, 0) is 9.59 Å². The first kappa shape index (κ1) is 26.6. The van der Waals surface area contributed by atoms with Crippen LogP contribution in [0.3, 0.4) is 0 Å². The van der Waals surface area contributed by atoms with E-state index in [1.165, 1.54) is 12.1 Å². The summed E-state index contributed by atoms with van der Waals surface area (Å²) in [6.45, 7) is 7.19. The summed E-state index contributed by atoms with van der Waals surface area (Å²) in [4.78, 5) is 34.2. The minimum Gasteiger partial charge on any atom is -0.368 e. The van der Waals surface area contributed by atoms with Gasteiger partial charge in [-0.05, 0) is 73.4 Å². The summed E-state index contributed by atoms with van der Waals surface area (Å²) in [5.74, 6) is 0.302. The fraction of sp³-hybridized carbons (Fsp3) is 0.455. The van der Waals surface area contributed by atoms with Crippen LogP contribution in [0.5, 0.6) is 0 Å². The number of nitrogens with zero attached hydrogens (tertiary/aromatic N) is 3. The SMILES string of the molecule is CC1(C)CC(=O)C2=C(C1)Nc1ccccc1N(CC(=O)N1CCN(c3ccc(F)cc3)CC1)C2C1CC=CCC1. The van der Waals surface area contributed by atoms with Gasteiger partial charge in [0, 0.05) is 49.6 Å². The molecule has 1 saturated heterocycles. The first-order valence-corrected chi connectivity index (χ1v) is 14.6. The molecule has 1 fully saturated rings. The van der Waals surface area contributed by atoms with Crippen molar-refractivity contribution in [2.24, 2.45) is 11.3 Å². The van der Waals surface area contributed by atoms with E-state index < -0.39 is 0 Å². The van der Waals surface area contributed by atoms with Crippen LogP contribution in [0, 0.1) is 17.2 Å². The average molecular weight is 543 g/mol. The maximum absolute atomic E-state index is 13.9. The Bertz CT molecular complexity index is 1340. The number of ketones is 1. The summed E-state index contributed by atoms with van der Waals surface area (Å²) in [5.41, 5.74) is 4.72. The average Bonchev–Trinajstić information content (AvgIpc) is 3.08. The van der Waals surface area contributed by atoms with Gasteiger partial charge >= 0.3 is 0 Å². The van der Waals surface area contributed by atoms with E-state index in [1.54, 1.807) is 12.1 Å². The predicted octanol–water partition coefficient (Wildman–Crippen LogP) is 5.77. The quantitative estimate of drug-likeness (QED) is 0.497. The molecule has 2 heterocycles. The molecule has 40 heavy (non-hydrogen) atoms. The Hall–Kier alpha value is -3.61. The maximum Gasteiger partial charge on any atom is 0.242 e. The van der Waals surface area contributed by atoms with Crippen molar-refractivity contribution in [1.82, 2.24) is 4.90 Å². The third kappa shape index (κ3) is 5.26. The molecule has 4 aliphatic rings. The lowest BCUT2D eigenvalue weighted by Gasteiger charge is -2.43. The number of hydrogen-bond acceptors (Lipinski definition) is 5. The zero-order valence-electron chi connectivity index (χ0n) is 23.5. The highest BCUT2D eigenvalue weighted by Gasteiger charge is 2.44. The predicted molar refractivity (Wildman–Crippen MR) is 158 cm³/mol. The zero-order valence-corrected chi connectivity index (χ0v) is 23.5. The first-order chi connectivity index (χ1) is 19.3. The third-order valence-electron chi connectivity index (χ3n) is 8.94. The standard InChI is InChI=1S/C33H39FN4O2/c1-33(2)20-27-31(29(39)21-33)32(23-8-4-3-5-9-23)38(28-11-7-6-10-26(28)35-27)22-30(40)37-18-16-36(17-19-37)25-14-12-24(34)13-15-25/h3-4,6-7,10-15,23,32,35H,5,8-9,16-22H2,1-2H3. The molecule has 2 atom stereocenters. The minimum atomic E-state index is -0.244. The highest BCUT2D eigenvalue weighted by Crippen LogP contribution is 2.46. The fourth-order valence-corrected chi connectivity index (χ4v) is 6.98. The van der Waals surface area contributed by atoms with Crippen LogP contribution in [0.15, 0.2) is 72.0 Å². The Labute approximate surface area is 236 Å². The number of para-hydroxylation sites is 2. The largest absolute Gasteiger partial charge is 0.368 e. The van der Waals surface area contributed by atoms with Gasteiger partial charge in [-0.25, -0.2) is 4.39 Å². The van der Waals surface area contributed by atoms with E-state index in [2.05, 4.69) is 53.2 Å². The van der Waals surface area contributed by atoms with Gasteiger partial charge in [0.1, 0.15) is 5.82 Å². The number of hydrogen-bond donors (Lipinski definition) is 1. The number of halogens is 1. The molecule has 0 saturated carbocycles. The normalized spacial score (nSPS) is 24.3. The van der Waals surface area contributed by atoms with E-state index in [0.29, 0.717) is 32.6 Å². The van der Waals surface area contributed by atoms with E-state index >= 15 is 0 Å². The van der Waals surface area contributed by atoms with Crippen molar-refractivity contribution in [2.45, 2.75) is 52.0 Å². The van der Waals surface area contributed by atoms with Crippen molar-refractivity contribution >= 4 is 28.8 Å². The van der Waals surface area contributed by atoms with Crippen LogP contribution in [0.25, 0.3) is 0 Å². The Morgan fingerprint density at radius 2 is 1.75 bits per heavy atom. The van der Waals surface area contributed by atoms with Crippen molar-refractivity contribution in [2.75, 3.05) is 47.8 Å². The topological polar surface area (TPSA) is 55.9 Å². The summed E-state index contributed by atoms with van der Waals surface area (Å²) < 4.78 is 13.4. The Kier molecular flexibility index (Phi) is 7.15. The van der Waals surface area contributed by atoms with Gasteiger partial charge in [-0.1, -0.05) is 38.1 Å². The van der Waals surface area contributed by atoms with Crippen molar-refractivity contribution in [1.29, 1.82) is 0 Å². The van der Waals surface area contributed by atoms with Gasteiger partial charge < -0.3 is 20.0 Å². The number of carbonyl (C=O) groups excluding carboxylic acids is 2. The van der Waals surface area contributed by atoms with E-state index in [-0.39, 0.29) is 41.4 Å². The van der Waals surface area contributed by atoms with Crippen LogP contribution in [-0.4, -0.2) is 55.4 Å². The van der Waals surface area contributed by atoms with Crippen molar-refractivity contribution in [3.05, 3.63) is 77.8 Å². The number of piperazine rings is 1. The van der Waals surface area contributed by atoms with Gasteiger partial charge in [0.05, 0.1) is 24.0 Å². The van der Waals surface area contributed by atoms with Crippen LogP contribution in [0.4, 0.5) is 21.5 Å². The molecule has 7 heteroatoms. The van der Waals surface area contributed by atoms with Crippen LogP contribution >= 0.6 is 0 Å². The Morgan fingerprint density at radius 3 is 2.48 bits per heavy atom. The van der Waals surface area contributed by atoms with Crippen LogP contribution < -0.4 is 15.1 Å². The number of amides is 1. The monoisotopic (exact) mass is 542 g/mol. The number of nitrogens with one attached hydrogen (secondary N) is 1. The summed E-state index contributed by atoms with van der Waals surface area (Å²) in [7, 11) is 0. The molecule has 210 valence electrons. The molecule has 0 bridgehead atoms. The third-order valence-corrected chi connectivity index (χ3v) is 8.94. The van der Waals surface area contributed by atoms with Gasteiger partial charge in [-0.2, -0.15) is 0 Å². The number of Topliss-reactive ketones (excluding diaryl/α,β-unsaturated/α-hetero) is 1. The second-order valence-electron chi connectivity index (χ2n) is 12.4. The van der Waals surface area contributed by atoms with Crippen molar-refractivity contribution in [3.8, 4) is 0 Å². The zero-order chi connectivity index (χ0) is 27.9. The number of anilines is 3. The highest BCUT2D eigenvalue weighted by atomic mass is 19.1. The number of benzene rings is 2. The van der Waals surface area contributed by atoms with Crippen molar-refractivity contribution < 1.29 is 14.0 Å².